The first-order valence-corrected chi connectivity index (χ1v) is 6.50. The van der Waals surface area contributed by atoms with Crippen molar-refractivity contribution in [1.82, 2.24) is 0 Å². The zero-order valence-corrected chi connectivity index (χ0v) is 11.9. The van der Waals surface area contributed by atoms with Crippen LogP contribution in [0.15, 0.2) is 48.0 Å². The van der Waals surface area contributed by atoms with E-state index >= 15 is 0 Å². The van der Waals surface area contributed by atoms with Gasteiger partial charge in [0.15, 0.2) is 0 Å². The Morgan fingerprint density at radius 1 is 1.00 bits per heavy atom. The van der Waals surface area contributed by atoms with Gasteiger partial charge in [0.2, 0.25) is 0 Å². The highest BCUT2D eigenvalue weighted by Crippen LogP contribution is 2.28. The molecule has 0 aromatic heterocycles. The molecule has 0 unspecified atom stereocenters. The average molecular weight is 274 g/mol. The summed E-state index contributed by atoms with van der Waals surface area (Å²) < 4.78 is 5.87. The summed E-state index contributed by atoms with van der Waals surface area (Å²) in [5.74, 6) is 1.35. The van der Waals surface area contributed by atoms with Crippen molar-refractivity contribution >= 4 is 6.08 Å². The van der Waals surface area contributed by atoms with E-state index in [-0.39, 0.29) is 5.57 Å². The van der Waals surface area contributed by atoms with Gasteiger partial charge in [-0.3, -0.25) is 0 Å². The lowest BCUT2D eigenvalue weighted by atomic mass is 10.1. The Labute approximate surface area is 124 Å². The van der Waals surface area contributed by atoms with E-state index in [4.69, 9.17) is 15.3 Å². The quantitative estimate of drug-likeness (QED) is 0.773. The Morgan fingerprint density at radius 3 is 2.38 bits per heavy atom. The van der Waals surface area contributed by atoms with E-state index < -0.39 is 0 Å². The van der Waals surface area contributed by atoms with E-state index in [9.17, 15) is 0 Å². The average Bonchev–Trinajstić information content (AvgIpc) is 2.50. The third kappa shape index (κ3) is 3.49. The molecule has 0 saturated heterocycles. The molecule has 0 heterocycles. The van der Waals surface area contributed by atoms with Gasteiger partial charge in [0.25, 0.3) is 0 Å². The molecule has 0 N–H and O–H groups in total. The van der Waals surface area contributed by atoms with Gasteiger partial charge in [-0.05, 0) is 49.2 Å². The summed E-state index contributed by atoms with van der Waals surface area (Å²) >= 11 is 0. The van der Waals surface area contributed by atoms with Gasteiger partial charge in [0.05, 0.1) is 0 Å². The van der Waals surface area contributed by atoms with Crippen molar-refractivity contribution < 1.29 is 4.74 Å². The third-order valence-electron chi connectivity index (χ3n) is 3.17. The molecule has 0 bridgehead atoms. The van der Waals surface area contributed by atoms with E-state index in [0.29, 0.717) is 11.3 Å². The number of aryl methyl sites for hydroxylation is 2. The van der Waals surface area contributed by atoms with Gasteiger partial charge < -0.3 is 4.74 Å². The molecule has 3 heteroatoms. The summed E-state index contributed by atoms with van der Waals surface area (Å²) in [6.45, 7) is 4.07. The molecule has 0 atom stereocenters. The molecule has 2 aromatic carbocycles. The van der Waals surface area contributed by atoms with Crippen LogP contribution in [0.1, 0.15) is 16.7 Å². The summed E-state index contributed by atoms with van der Waals surface area (Å²) in [5, 5.41) is 17.7. The zero-order valence-electron chi connectivity index (χ0n) is 11.9. The highest BCUT2D eigenvalue weighted by Gasteiger charge is 2.05. The minimum absolute atomic E-state index is 0.0473. The number of hydrogen-bond acceptors (Lipinski definition) is 3. The number of hydrogen-bond donors (Lipinski definition) is 0. The molecule has 0 aliphatic rings. The van der Waals surface area contributed by atoms with Crippen LogP contribution >= 0.6 is 0 Å². The Balaban J connectivity index is 2.37. The SMILES string of the molecule is Cc1ccc(Oc2ccccc2C=C(C#N)C#N)cc1C. The van der Waals surface area contributed by atoms with Crippen LogP contribution in [0.4, 0.5) is 0 Å². The molecule has 21 heavy (non-hydrogen) atoms. The minimum atomic E-state index is 0.0473. The van der Waals surface area contributed by atoms with Crippen molar-refractivity contribution in [3.8, 4) is 23.6 Å². The molecule has 0 saturated carbocycles. The molecule has 0 radical (unpaired) electrons. The Kier molecular flexibility index (Phi) is 4.39. The summed E-state index contributed by atoms with van der Waals surface area (Å²) in [5.41, 5.74) is 3.10. The summed E-state index contributed by atoms with van der Waals surface area (Å²) in [4.78, 5) is 0. The van der Waals surface area contributed by atoms with Crippen molar-refractivity contribution in [2.45, 2.75) is 13.8 Å². The molecule has 0 amide bonds. The van der Waals surface area contributed by atoms with Crippen LogP contribution < -0.4 is 4.74 Å². The second kappa shape index (κ2) is 6.41. The lowest BCUT2D eigenvalue weighted by Crippen LogP contribution is -1.89. The second-order valence-corrected chi connectivity index (χ2v) is 4.67. The lowest BCUT2D eigenvalue weighted by molar-refractivity contribution is 0.481. The van der Waals surface area contributed by atoms with E-state index in [1.54, 1.807) is 0 Å². The minimum Gasteiger partial charge on any atom is -0.457 e. The van der Waals surface area contributed by atoms with Gasteiger partial charge in [-0.15, -0.1) is 0 Å². The molecule has 0 aliphatic heterocycles. The lowest BCUT2D eigenvalue weighted by Gasteiger charge is -2.10. The maximum Gasteiger partial charge on any atom is 0.134 e. The van der Waals surface area contributed by atoms with Crippen LogP contribution in [0.2, 0.25) is 0 Å². The monoisotopic (exact) mass is 274 g/mol. The normalized spacial score (nSPS) is 9.33. The van der Waals surface area contributed by atoms with Gasteiger partial charge in [-0.25, -0.2) is 0 Å². The maximum atomic E-state index is 8.85. The predicted octanol–water partition coefficient (Wildman–Crippen LogP) is 4.53. The van der Waals surface area contributed by atoms with Crippen molar-refractivity contribution in [2.24, 2.45) is 0 Å². The number of nitrogens with zero attached hydrogens (tertiary/aromatic N) is 2. The largest absolute Gasteiger partial charge is 0.457 e. The number of allylic oxidation sites excluding steroid dienone is 1. The molecular weight excluding hydrogens is 260 g/mol. The van der Waals surface area contributed by atoms with Gasteiger partial charge >= 0.3 is 0 Å². The smallest absolute Gasteiger partial charge is 0.134 e. The van der Waals surface area contributed by atoms with Crippen LogP contribution in [0.25, 0.3) is 6.08 Å². The first-order chi connectivity index (χ1) is 10.1. The zero-order chi connectivity index (χ0) is 15.2. The number of ether oxygens (including phenoxy) is 1. The van der Waals surface area contributed by atoms with Gasteiger partial charge in [0.1, 0.15) is 29.2 Å². The van der Waals surface area contributed by atoms with Crippen molar-refractivity contribution in [2.75, 3.05) is 0 Å². The predicted molar refractivity (Wildman–Crippen MR) is 81.6 cm³/mol. The summed E-state index contributed by atoms with van der Waals surface area (Å²) in [6.07, 6.45) is 1.52. The van der Waals surface area contributed by atoms with Gasteiger partial charge in [-0.1, -0.05) is 24.3 Å². The number of rotatable bonds is 3. The van der Waals surface area contributed by atoms with E-state index in [2.05, 4.69) is 0 Å². The van der Waals surface area contributed by atoms with Crippen LogP contribution in [0.5, 0.6) is 11.5 Å². The standard InChI is InChI=1S/C18H14N2O/c1-13-7-8-17(9-14(13)2)21-18-6-4-3-5-16(18)10-15(11-19)12-20/h3-10H,1-2H3. The Hall–Kier alpha value is -3.04. The number of benzene rings is 2. The molecule has 0 aliphatic carbocycles. The summed E-state index contributed by atoms with van der Waals surface area (Å²) in [7, 11) is 0. The number of nitriles is 2. The highest BCUT2D eigenvalue weighted by molar-refractivity contribution is 5.66. The molecule has 0 spiro atoms. The molecule has 0 fully saturated rings. The molecule has 102 valence electrons. The number of para-hydroxylation sites is 1. The molecular formula is C18H14N2O. The summed E-state index contributed by atoms with van der Waals surface area (Å²) in [6, 6.07) is 16.9. The third-order valence-corrected chi connectivity index (χ3v) is 3.17. The first kappa shape index (κ1) is 14.4. The molecule has 2 rings (SSSR count). The van der Waals surface area contributed by atoms with Crippen LogP contribution in [0, 0.1) is 36.5 Å². The van der Waals surface area contributed by atoms with Gasteiger partial charge in [0, 0.05) is 5.56 Å². The fourth-order valence-corrected chi connectivity index (χ4v) is 1.84. The van der Waals surface area contributed by atoms with Crippen LogP contribution in [-0.2, 0) is 0 Å². The Bertz CT molecular complexity index is 761. The highest BCUT2D eigenvalue weighted by atomic mass is 16.5. The first-order valence-electron chi connectivity index (χ1n) is 6.50. The van der Waals surface area contributed by atoms with E-state index in [1.165, 1.54) is 11.6 Å². The van der Waals surface area contributed by atoms with Crippen molar-refractivity contribution in [3.05, 3.63) is 64.7 Å². The fourth-order valence-electron chi connectivity index (χ4n) is 1.84. The van der Waals surface area contributed by atoms with Gasteiger partial charge in [-0.2, -0.15) is 10.5 Å². The van der Waals surface area contributed by atoms with E-state index in [1.807, 2.05) is 68.5 Å². The molecule has 3 nitrogen and oxygen atoms in total. The molecule has 2 aromatic rings. The topological polar surface area (TPSA) is 56.8 Å². The fraction of sp³-hybridized carbons (Fsp3) is 0.111. The van der Waals surface area contributed by atoms with Crippen LogP contribution in [0.3, 0.4) is 0 Å². The van der Waals surface area contributed by atoms with Crippen molar-refractivity contribution in [1.29, 1.82) is 10.5 Å². The maximum absolute atomic E-state index is 8.85. The second-order valence-electron chi connectivity index (χ2n) is 4.67. The van der Waals surface area contributed by atoms with Crippen molar-refractivity contribution in [3.63, 3.8) is 0 Å². The van der Waals surface area contributed by atoms with Crippen LogP contribution in [-0.4, -0.2) is 0 Å². The Morgan fingerprint density at radius 2 is 1.71 bits per heavy atom. The van der Waals surface area contributed by atoms with E-state index in [0.717, 1.165) is 11.3 Å².